The van der Waals surface area contributed by atoms with Crippen LogP contribution >= 0.6 is 0 Å². The maximum Gasteiger partial charge on any atom is 0.405 e. The Labute approximate surface area is 63.6 Å². The van der Waals surface area contributed by atoms with E-state index in [2.05, 4.69) is 5.32 Å². The average molecular weight is 155 g/mol. The van der Waals surface area contributed by atoms with Crippen LogP contribution in [0.1, 0.15) is 19.3 Å². The lowest BCUT2D eigenvalue weighted by molar-refractivity contribution is -0.162. The predicted octanol–water partition coefficient (Wildman–Crippen LogP) is 0.376. The van der Waals surface area contributed by atoms with Gasteiger partial charge >= 0.3 is 6.09 Å². The molecule has 2 N–H and O–H groups in total. The van der Waals surface area contributed by atoms with Gasteiger partial charge in [0.05, 0.1) is 0 Å². The standard InChI is InChI=1S/C7H9NO3/c9-4-6-1-7(2-6,3-6)8-5(10)11/h4,8H,1-3H2,(H,10,11). The minimum atomic E-state index is -0.982. The van der Waals surface area contributed by atoms with Crippen LogP contribution in [0.25, 0.3) is 0 Å². The summed E-state index contributed by atoms with van der Waals surface area (Å²) in [5.74, 6) is 0. The topological polar surface area (TPSA) is 66.4 Å². The molecule has 0 aliphatic heterocycles. The minimum Gasteiger partial charge on any atom is -0.465 e. The molecule has 0 aromatic heterocycles. The fourth-order valence-corrected chi connectivity index (χ4v) is 2.35. The lowest BCUT2D eigenvalue weighted by atomic mass is 9.40. The smallest absolute Gasteiger partial charge is 0.405 e. The van der Waals surface area contributed by atoms with Gasteiger partial charge in [0.1, 0.15) is 6.29 Å². The predicted molar refractivity (Wildman–Crippen MR) is 36.2 cm³/mol. The van der Waals surface area contributed by atoms with E-state index in [9.17, 15) is 9.59 Å². The van der Waals surface area contributed by atoms with Gasteiger partial charge in [-0.15, -0.1) is 0 Å². The molecule has 11 heavy (non-hydrogen) atoms. The van der Waals surface area contributed by atoms with Gasteiger partial charge in [0, 0.05) is 11.0 Å². The van der Waals surface area contributed by atoms with E-state index in [1.807, 2.05) is 0 Å². The molecule has 0 radical (unpaired) electrons. The van der Waals surface area contributed by atoms with E-state index in [4.69, 9.17) is 5.11 Å². The van der Waals surface area contributed by atoms with E-state index in [0.29, 0.717) is 19.3 Å². The van der Waals surface area contributed by atoms with Gasteiger partial charge in [0.2, 0.25) is 0 Å². The summed E-state index contributed by atoms with van der Waals surface area (Å²) in [6.45, 7) is 0. The number of aldehydes is 1. The molecule has 4 heteroatoms. The molecule has 3 saturated carbocycles. The van der Waals surface area contributed by atoms with E-state index in [-0.39, 0.29) is 11.0 Å². The minimum absolute atomic E-state index is 0.150. The Morgan fingerprint density at radius 1 is 1.45 bits per heavy atom. The molecule has 3 rings (SSSR count). The van der Waals surface area contributed by atoms with Gasteiger partial charge in [-0.25, -0.2) is 4.79 Å². The van der Waals surface area contributed by atoms with Gasteiger partial charge in [0.25, 0.3) is 0 Å². The monoisotopic (exact) mass is 155 g/mol. The second-order valence-corrected chi connectivity index (χ2v) is 3.72. The molecule has 3 aliphatic carbocycles. The zero-order chi connectivity index (χ0) is 8.11. The molecule has 0 heterocycles. The Balaban J connectivity index is 1.94. The molecule has 3 aliphatic rings. The van der Waals surface area contributed by atoms with Gasteiger partial charge in [-0.2, -0.15) is 0 Å². The normalized spacial score (nSPS) is 45.1. The van der Waals surface area contributed by atoms with Crippen molar-refractivity contribution in [2.75, 3.05) is 0 Å². The molecule has 0 aromatic rings. The highest BCUT2D eigenvalue weighted by Gasteiger charge is 2.68. The molecule has 0 spiro atoms. The molecule has 0 atom stereocenters. The maximum absolute atomic E-state index is 10.4. The van der Waals surface area contributed by atoms with Crippen molar-refractivity contribution < 1.29 is 14.7 Å². The van der Waals surface area contributed by atoms with Crippen molar-refractivity contribution >= 4 is 12.4 Å². The number of carbonyl (C=O) groups excluding carboxylic acids is 1. The van der Waals surface area contributed by atoms with Crippen molar-refractivity contribution in [1.82, 2.24) is 5.32 Å². The molecular weight excluding hydrogens is 146 g/mol. The highest BCUT2D eigenvalue weighted by molar-refractivity contribution is 5.72. The first-order chi connectivity index (χ1) is 5.10. The van der Waals surface area contributed by atoms with Gasteiger partial charge < -0.3 is 15.2 Å². The third kappa shape index (κ3) is 0.692. The number of hydrogen-bond donors (Lipinski definition) is 2. The maximum atomic E-state index is 10.4. The van der Waals surface area contributed by atoms with Crippen molar-refractivity contribution in [1.29, 1.82) is 0 Å². The number of carboxylic acid groups (broad SMARTS) is 1. The SMILES string of the molecule is O=CC12CC(NC(=O)O)(C1)C2. The molecule has 0 saturated heterocycles. The summed E-state index contributed by atoms with van der Waals surface area (Å²) in [6, 6.07) is 0. The first-order valence-electron chi connectivity index (χ1n) is 3.57. The second-order valence-electron chi connectivity index (χ2n) is 3.72. The zero-order valence-electron chi connectivity index (χ0n) is 5.96. The summed E-state index contributed by atoms with van der Waals surface area (Å²) < 4.78 is 0. The molecule has 60 valence electrons. The van der Waals surface area contributed by atoms with Crippen molar-refractivity contribution in [2.45, 2.75) is 24.8 Å². The molecule has 0 aromatic carbocycles. The molecule has 3 fully saturated rings. The second kappa shape index (κ2) is 1.57. The Hall–Kier alpha value is -1.06. The van der Waals surface area contributed by atoms with Gasteiger partial charge in [0.15, 0.2) is 0 Å². The fourth-order valence-electron chi connectivity index (χ4n) is 2.35. The molecule has 0 unspecified atom stereocenters. The summed E-state index contributed by atoms with van der Waals surface area (Å²) in [4.78, 5) is 20.6. The number of carbonyl (C=O) groups is 2. The lowest BCUT2D eigenvalue weighted by Gasteiger charge is -2.67. The van der Waals surface area contributed by atoms with E-state index < -0.39 is 6.09 Å². The van der Waals surface area contributed by atoms with Crippen LogP contribution in [0.5, 0.6) is 0 Å². The number of hydrogen-bond acceptors (Lipinski definition) is 2. The number of nitrogens with one attached hydrogen (secondary N) is 1. The Bertz CT molecular complexity index is 216. The average Bonchev–Trinajstić information content (AvgIpc) is 1.74. The van der Waals surface area contributed by atoms with Crippen molar-refractivity contribution in [3.63, 3.8) is 0 Å². The van der Waals surface area contributed by atoms with Crippen LogP contribution in [-0.4, -0.2) is 23.0 Å². The first kappa shape index (κ1) is 6.64. The summed E-state index contributed by atoms with van der Waals surface area (Å²) in [5.41, 5.74) is -0.380. The van der Waals surface area contributed by atoms with E-state index >= 15 is 0 Å². The molecule has 4 nitrogen and oxygen atoms in total. The van der Waals surface area contributed by atoms with Crippen molar-refractivity contribution in [3.8, 4) is 0 Å². The highest BCUT2D eigenvalue weighted by Crippen LogP contribution is 2.65. The molecule has 1 amide bonds. The Morgan fingerprint density at radius 3 is 2.36 bits per heavy atom. The first-order valence-corrected chi connectivity index (χ1v) is 3.57. The van der Waals surface area contributed by atoms with Gasteiger partial charge in [-0.1, -0.05) is 0 Å². The largest absolute Gasteiger partial charge is 0.465 e. The number of rotatable bonds is 2. The van der Waals surface area contributed by atoms with Crippen LogP contribution in [0.4, 0.5) is 4.79 Å². The van der Waals surface area contributed by atoms with E-state index in [1.54, 1.807) is 0 Å². The summed E-state index contributed by atoms with van der Waals surface area (Å²) >= 11 is 0. The van der Waals surface area contributed by atoms with E-state index in [1.165, 1.54) is 0 Å². The van der Waals surface area contributed by atoms with Crippen LogP contribution in [0.3, 0.4) is 0 Å². The van der Waals surface area contributed by atoms with Gasteiger partial charge in [-0.05, 0) is 19.3 Å². The highest BCUT2D eigenvalue weighted by atomic mass is 16.4. The van der Waals surface area contributed by atoms with Crippen LogP contribution in [0, 0.1) is 5.41 Å². The molecular formula is C7H9NO3. The van der Waals surface area contributed by atoms with Crippen LogP contribution in [0.15, 0.2) is 0 Å². The van der Waals surface area contributed by atoms with Crippen molar-refractivity contribution in [2.24, 2.45) is 5.41 Å². The van der Waals surface area contributed by atoms with Crippen molar-refractivity contribution in [3.05, 3.63) is 0 Å². The van der Waals surface area contributed by atoms with Crippen LogP contribution in [-0.2, 0) is 4.79 Å². The third-order valence-corrected chi connectivity index (χ3v) is 2.69. The third-order valence-electron chi connectivity index (χ3n) is 2.69. The van der Waals surface area contributed by atoms with Crippen LogP contribution in [0.2, 0.25) is 0 Å². The summed E-state index contributed by atoms with van der Waals surface area (Å²) in [5, 5.41) is 10.8. The zero-order valence-corrected chi connectivity index (χ0v) is 5.96. The Kier molecular flexibility index (Phi) is 0.948. The molecule has 2 bridgehead atoms. The fraction of sp³-hybridized carbons (Fsp3) is 0.714. The summed E-state index contributed by atoms with van der Waals surface area (Å²) in [6.07, 6.45) is 2.09. The van der Waals surface area contributed by atoms with E-state index in [0.717, 1.165) is 6.29 Å². The number of amides is 1. The quantitative estimate of drug-likeness (QED) is 0.566. The lowest BCUT2D eigenvalue weighted by Crippen LogP contribution is -2.75. The Morgan fingerprint density at radius 2 is 2.00 bits per heavy atom. The van der Waals surface area contributed by atoms with Crippen LogP contribution < -0.4 is 5.32 Å². The summed E-state index contributed by atoms with van der Waals surface area (Å²) in [7, 11) is 0. The van der Waals surface area contributed by atoms with Gasteiger partial charge in [-0.3, -0.25) is 0 Å².